The van der Waals surface area contributed by atoms with E-state index in [0.29, 0.717) is 12.6 Å². The average molecular weight is 189 g/mol. The standard InChI is InChI=1S/C8H19N3O2/c1-6(2)10-8(9)11-7(4-12)5-13-3/h6-7,12H,4-5H2,1-3H3,(H3,9,10,11). The first-order valence-electron chi connectivity index (χ1n) is 4.29. The predicted molar refractivity (Wildman–Crippen MR) is 52.6 cm³/mol. The summed E-state index contributed by atoms with van der Waals surface area (Å²) in [4.78, 5) is 4.03. The maximum atomic E-state index is 8.87. The molecule has 0 saturated carbocycles. The third kappa shape index (κ3) is 6.36. The summed E-state index contributed by atoms with van der Waals surface area (Å²) >= 11 is 0. The molecule has 1 atom stereocenters. The number of hydrogen-bond acceptors (Lipinski definition) is 3. The molecule has 0 aliphatic heterocycles. The molecule has 0 aliphatic carbocycles. The molecule has 0 aromatic rings. The Morgan fingerprint density at radius 2 is 2.23 bits per heavy atom. The Bertz CT molecular complexity index is 159. The van der Waals surface area contributed by atoms with E-state index in [2.05, 4.69) is 10.3 Å². The number of aliphatic hydroxyl groups is 1. The van der Waals surface area contributed by atoms with Crippen LogP contribution in [0.1, 0.15) is 13.8 Å². The quantitative estimate of drug-likeness (QED) is 0.395. The molecule has 78 valence electrons. The molecule has 0 spiro atoms. The van der Waals surface area contributed by atoms with Gasteiger partial charge >= 0.3 is 0 Å². The van der Waals surface area contributed by atoms with Gasteiger partial charge in [0.1, 0.15) is 6.04 Å². The number of nitrogens with one attached hydrogen (secondary N) is 1. The average Bonchev–Trinajstić information content (AvgIpc) is 2.02. The van der Waals surface area contributed by atoms with E-state index in [9.17, 15) is 0 Å². The fraction of sp³-hybridized carbons (Fsp3) is 0.875. The Balaban J connectivity index is 3.99. The molecule has 0 bridgehead atoms. The van der Waals surface area contributed by atoms with Crippen molar-refractivity contribution < 1.29 is 9.84 Å². The van der Waals surface area contributed by atoms with Gasteiger partial charge in [-0.05, 0) is 13.8 Å². The summed E-state index contributed by atoms with van der Waals surface area (Å²) in [6, 6.07) is -0.0399. The SMILES string of the molecule is COCC(CO)N=C(N)NC(C)C. The molecule has 5 nitrogen and oxygen atoms in total. The zero-order valence-electron chi connectivity index (χ0n) is 8.45. The zero-order valence-corrected chi connectivity index (χ0v) is 8.45. The summed E-state index contributed by atoms with van der Waals surface area (Å²) in [6.07, 6.45) is 0. The normalized spacial score (nSPS) is 14.7. The molecule has 0 aromatic heterocycles. The number of methoxy groups -OCH3 is 1. The predicted octanol–water partition coefficient (Wildman–Crippen LogP) is -0.694. The van der Waals surface area contributed by atoms with Crippen molar-refractivity contribution in [1.29, 1.82) is 0 Å². The van der Waals surface area contributed by atoms with E-state index in [1.54, 1.807) is 7.11 Å². The molecular weight excluding hydrogens is 170 g/mol. The van der Waals surface area contributed by atoms with Crippen LogP contribution in [0.25, 0.3) is 0 Å². The minimum absolute atomic E-state index is 0.0612. The van der Waals surface area contributed by atoms with Crippen LogP contribution in [0.4, 0.5) is 0 Å². The fourth-order valence-corrected chi connectivity index (χ4v) is 0.853. The van der Waals surface area contributed by atoms with Gasteiger partial charge in [0.15, 0.2) is 5.96 Å². The number of aliphatic hydroxyl groups excluding tert-OH is 1. The zero-order chi connectivity index (χ0) is 10.3. The van der Waals surface area contributed by atoms with E-state index in [1.165, 1.54) is 0 Å². The molecule has 5 heteroatoms. The Morgan fingerprint density at radius 3 is 2.62 bits per heavy atom. The lowest BCUT2D eigenvalue weighted by Gasteiger charge is -2.12. The Hall–Kier alpha value is -0.810. The summed E-state index contributed by atoms with van der Waals surface area (Å²) in [6.45, 7) is 4.24. The van der Waals surface area contributed by atoms with Crippen molar-refractivity contribution in [2.24, 2.45) is 10.7 Å². The number of rotatable bonds is 5. The number of ether oxygens (including phenoxy) is 1. The lowest BCUT2D eigenvalue weighted by atomic mass is 10.3. The Labute approximate surface area is 79.0 Å². The number of hydrogen-bond donors (Lipinski definition) is 3. The van der Waals surface area contributed by atoms with Crippen LogP contribution in [0, 0.1) is 0 Å². The molecular formula is C8H19N3O2. The van der Waals surface area contributed by atoms with E-state index < -0.39 is 0 Å². The van der Waals surface area contributed by atoms with Crippen molar-refractivity contribution >= 4 is 5.96 Å². The second kappa shape index (κ2) is 6.68. The summed E-state index contributed by atoms with van der Waals surface area (Å²) in [5.74, 6) is 0.339. The second-order valence-corrected chi connectivity index (χ2v) is 3.11. The maximum Gasteiger partial charge on any atom is 0.189 e. The summed E-state index contributed by atoms with van der Waals surface area (Å²) in [5.41, 5.74) is 5.55. The molecule has 1 unspecified atom stereocenters. The fourth-order valence-electron chi connectivity index (χ4n) is 0.853. The highest BCUT2D eigenvalue weighted by atomic mass is 16.5. The van der Waals surface area contributed by atoms with Crippen LogP contribution in [0.3, 0.4) is 0 Å². The third-order valence-electron chi connectivity index (χ3n) is 1.33. The van der Waals surface area contributed by atoms with Gasteiger partial charge in [0, 0.05) is 13.2 Å². The molecule has 0 fully saturated rings. The van der Waals surface area contributed by atoms with E-state index in [0.717, 1.165) is 0 Å². The summed E-state index contributed by atoms with van der Waals surface area (Å²) in [5, 5.41) is 11.8. The van der Waals surface area contributed by atoms with Gasteiger partial charge in [-0.3, -0.25) is 0 Å². The topological polar surface area (TPSA) is 79.9 Å². The minimum Gasteiger partial charge on any atom is -0.394 e. The molecule has 0 amide bonds. The van der Waals surface area contributed by atoms with Crippen LogP contribution in [0.2, 0.25) is 0 Å². The molecule has 0 aliphatic rings. The van der Waals surface area contributed by atoms with Crippen LogP contribution in [0.15, 0.2) is 4.99 Å². The van der Waals surface area contributed by atoms with Gasteiger partial charge in [0.2, 0.25) is 0 Å². The van der Waals surface area contributed by atoms with Crippen molar-refractivity contribution in [3.8, 4) is 0 Å². The Kier molecular flexibility index (Phi) is 6.26. The van der Waals surface area contributed by atoms with Crippen molar-refractivity contribution in [3.05, 3.63) is 0 Å². The van der Waals surface area contributed by atoms with Crippen molar-refractivity contribution in [3.63, 3.8) is 0 Å². The van der Waals surface area contributed by atoms with Gasteiger partial charge in [-0.1, -0.05) is 0 Å². The van der Waals surface area contributed by atoms with Crippen LogP contribution in [-0.2, 0) is 4.74 Å². The van der Waals surface area contributed by atoms with Crippen molar-refractivity contribution in [2.75, 3.05) is 20.3 Å². The first-order chi connectivity index (χ1) is 6.10. The second-order valence-electron chi connectivity index (χ2n) is 3.11. The van der Waals surface area contributed by atoms with Crippen LogP contribution in [0.5, 0.6) is 0 Å². The molecule has 13 heavy (non-hydrogen) atoms. The van der Waals surface area contributed by atoms with E-state index >= 15 is 0 Å². The monoisotopic (exact) mass is 189 g/mol. The number of guanidine groups is 1. The van der Waals surface area contributed by atoms with Gasteiger partial charge in [0.05, 0.1) is 13.2 Å². The van der Waals surface area contributed by atoms with Gasteiger partial charge in [0.25, 0.3) is 0 Å². The highest BCUT2D eigenvalue weighted by Gasteiger charge is 2.05. The highest BCUT2D eigenvalue weighted by Crippen LogP contribution is 1.90. The Morgan fingerprint density at radius 1 is 1.62 bits per heavy atom. The number of nitrogens with two attached hydrogens (primary N) is 1. The van der Waals surface area contributed by atoms with Crippen molar-refractivity contribution in [1.82, 2.24) is 5.32 Å². The van der Waals surface area contributed by atoms with Gasteiger partial charge in [-0.25, -0.2) is 4.99 Å². The summed E-state index contributed by atoms with van der Waals surface area (Å²) in [7, 11) is 1.56. The largest absolute Gasteiger partial charge is 0.394 e. The molecule has 4 N–H and O–H groups in total. The van der Waals surface area contributed by atoms with E-state index in [4.69, 9.17) is 15.6 Å². The van der Waals surface area contributed by atoms with Gasteiger partial charge < -0.3 is 20.9 Å². The van der Waals surface area contributed by atoms with Gasteiger partial charge in [-0.2, -0.15) is 0 Å². The molecule has 0 rings (SSSR count). The van der Waals surface area contributed by atoms with Crippen molar-refractivity contribution in [2.45, 2.75) is 25.9 Å². The number of aliphatic imine (C=N–C) groups is 1. The lowest BCUT2D eigenvalue weighted by Crippen LogP contribution is -2.38. The molecule has 0 saturated heterocycles. The van der Waals surface area contributed by atoms with Crippen LogP contribution >= 0.6 is 0 Å². The van der Waals surface area contributed by atoms with Crippen LogP contribution < -0.4 is 11.1 Å². The van der Waals surface area contributed by atoms with Gasteiger partial charge in [-0.15, -0.1) is 0 Å². The van der Waals surface area contributed by atoms with Crippen LogP contribution in [-0.4, -0.2) is 43.5 Å². The minimum atomic E-state index is -0.281. The summed E-state index contributed by atoms with van der Waals surface area (Å²) < 4.78 is 4.85. The highest BCUT2D eigenvalue weighted by molar-refractivity contribution is 5.78. The third-order valence-corrected chi connectivity index (χ3v) is 1.33. The smallest absolute Gasteiger partial charge is 0.189 e. The molecule has 0 radical (unpaired) electrons. The lowest BCUT2D eigenvalue weighted by molar-refractivity contribution is 0.146. The van der Waals surface area contributed by atoms with E-state index in [-0.39, 0.29) is 18.7 Å². The molecule has 0 heterocycles. The maximum absolute atomic E-state index is 8.87. The van der Waals surface area contributed by atoms with E-state index in [1.807, 2.05) is 13.8 Å². The molecule has 0 aromatic carbocycles. The number of nitrogens with zero attached hydrogens (tertiary/aromatic N) is 1. The first kappa shape index (κ1) is 12.2. The first-order valence-corrected chi connectivity index (χ1v) is 4.29.